The van der Waals surface area contributed by atoms with Crippen LogP contribution in [0.4, 0.5) is 0 Å². The molecule has 0 radical (unpaired) electrons. The number of halogens is 1. The van der Waals surface area contributed by atoms with Gasteiger partial charge in [0.2, 0.25) is 0 Å². The van der Waals surface area contributed by atoms with Gasteiger partial charge < -0.3 is 5.32 Å². The van der Waals surface area contributed by atoms with Gasteiger partial charge in [-0.2, -0.15) is 0 Å². The van der Waals surface area contributed by atoms with E-state index >= 15 is 0 Å². The van der Waals surface area contributed by atoms with E-state index in [0.29, 0.717) is 10.4 Å². The molecule has 0 aliphatic heterocycles. The van der Waals surface area contributed by atoms with Crippen molar-refractivity contribution < 1.29 is 4.79 Å². The molecule has 0 bridgehead atoms. The SMILES string of the molecule is O=C(NC1CCCC1Br)c1ccc2ncccc2c1. The third-order valence-corrected chi connectivity index (χ3v) is 4.71. The van der Waals surface area contributed by atoms with Crippen LogP contribution in [0.1, 0.15) is 29.6 Å². The maximum Gasteiger partial charge on any atom is 0.251 e. The number of pyridine rings is 1. The summed E-state index contributed by atoms with van der Waals surface area (Å²) >= 11 is 3.62. The Labute approximate surface area is 120 Å². The number of alkyl halides is 1. The lowest BCUT2D eigenvalue weighted by molar-refractivity contribution is 0.0939. The number of aromatic nitrogens is 1. The van der Waals surface area contributed by atoms with E-state index < -0.39 is 0 Å². The minimum Gasteiger partial charge on any atom is -0.348 e. The normalized spacial score (nSPS) is 22.6. The summed E-state index contributed by atoms with van der Waals surface area (Å²) < 4.78 is 0. The maximum atomic E-state index is 12.2. The molecule has 0 saturated heterocycles. The van der Waals surface area contributed by atoms with E-state index in [-0.39, 0.29) is 11.9 Å². The van der Waals surface area contributed by atoms with Crippen LogP contribution in [0.2, 0.25) is 0 Å². The zero-order valence-electron chi connectivity index (χ0n) is 10.5. The second kappa shape index (κ2) is 5.29. The average molecular weight is 319 g/mol. The van der Waals surface area contributed by atoms with Crippen molar-refractivity contribution in [2.45, 2.75) is 30.1 Å². The van der Waals surface area contributed by atoms with Gasteiger partial charge in [-0.25, -0.2) is 0 Å². The zero-order valence-corrected chi connectivity index (χ0v) is 12.1. The number of rotatable bonds is 2. The average Bonchev–Trinajstić information content (AvgIpc) is 2.84. The molecule has 1 fully saturated rings. The van der Waals surface area contributed by atoms with Gasteiger partial charge in [0.05, 0.1) is 5.52 Å². The topological polar surface area (TPSA) is 42.0 Å². The zero-order chi connectivity index (χ0) is 13.2. The van der Waals surface area contributed by atoms with Crippen molar-refractivity contribution >= 4 is 32.7 Å². The molecule has 1 aromatic carbocycles. The molecule has 4 heteroatoms. The molecule has 2 unspecified atom stereocenters. The number of carbonyl (C=O) groups is 1. The van der Waals surface area contributed by atoms with Gasteiger partial charge >= 0.3 is 0 Å². The number of hydrogen-bond acceptors (Lipinski definition) is 2. The molecule has 1 aliphatic rings. The number of benzene rings is 1. The Kier molecular flexibility index (Phi) is 3.51. The molecule has 1 aromatic heterocycles. The number of fused-ring (bicyclic) bond motifs is 1. The fourth-order valence-electron chi connectivity index (χ4n) is 2.55. The van der Waals surface area contributed by atoms with Crippen LogP contribution in [-0.4, -0.2) is 21.8 Å². The van der Waals surface area contributed by atoms with Crippen LogP contribution in [0.25, 0.3) is 10.9 Å². The summed E-state index contributed by atoms with van der Waals surface area (Å²) in [7, 11) is 0. The van der Waals surface area contributed by atoms with Gasteiger partial charge in [-0.3, -0.25) is 9.78 Å². The highest BCUT2D eigenvalue weighted by atomic mass is 79.9. The lowest BCUT2D eigenvalue weighted by Crippen LogP contribution is -2.37. The predicted molar refractivity (Wildman–Crippen MR) is 79.6 cm³/mol. The Balaban J connectivity index is 1.81. The highest BCUT2D eigenvalue weighted by molar-refractivity contribution is 9.09. The predicted octanol–water partition coefficient (Wildman–Crippen LogP) is 3.28. The van der Waals surface area contributed by atoms with E-state index in [2.05, 4.69) is 26.2 Å². The molecule has 1 heterocycles. The van der Waals surface area contributed by atoms with E-state index in [1.54, 1.807) is 6.20 Å². The summed E-state index contributed by atoms with van der Waals surface area (Å²) in [5.74, 6) is 0.00195. The second-order valence-electron chi connectivity index (χ2n) is 4.94. The number of amides is 1. The first kappa shape index (κ1) is 12.6. The monoisotopic (exact) mass is 318 g/mol. The van der Waals surface area contributed by atoms with E-state index in [1.807, 2.05) is 30.3 Å². The fraction of sp³-hybridized carbons (Fsp3) is 0.333. The number of carbonyl (C=O) groups excluding carboxylic acids is 1. The largest absolute Gasteiger partial charge is 0.348 e. The van der Waals surface area contributed by atoms with Gasteiger partial charge in [-0.1, -0.05) is 28.4 Å². The minimum atomic E-state index is 0.00195. The molecular weight excluding hydrogens is 304 g/mol. The summed E-state index contributed by atoms with van der Waals surface area (Å²) in [5.41, 5.74) is 1.62. The van der Waals surface area contributed by atoms with E-state index in [0.717, 1.165) is 23.7 Å². The van der Waals surface area contributed by atoms with Gasteiger partial charge in [-0.05, 0) is 37.1 Å². The molecule has 3 rings (SSSR count). The summed E-state index contributed by atoms with van der Waals surface area (Å²) in [4.78, 5) is 16.9. The van der Waals surface area contributed by atoms with Crippen LogP contribution in [-0.2, 0) is 0 Å². The third-order valence-electron chi connectivity index (χ3n) is 3.61. The van der Waals surface area contributed by atoms with Crippen LogP contribution >= 0.6 is 15.9 Å². The van der Waals surface area contributed by atoms with Crippen molar-refractivity contribution in [3.8, 4) is 0 Å². The molecular formula is C15H15BrN2O. The first-order chi connectivity index (χ1) is 9.24. The van der Waals surface area contributed by atoms with Gasteiger partial charge in [0.1, 0.15) is 0 Å². The van der Waals surface area contributed by atoms with Crippen LogP contribution in [0.5, 0.6) is 0 Å². The van der Waals surface area contributed by atoms with Crippen molar-refractivity contribution in [3.63, 3.8) is 0 Å². The molecule has 3 nitrogen and oxygen atoms in total. The summed E-state index contributed by atoms with van der Waals surface area (Å²) in [5, 5.41) is 4.10. The first-order valence-corrected chi connectivity index (χ1v) is 7.45. The van der Waals surface area contributed by atoms with Crippen molar-refractivity contribution in [1.29, 1.82) is 0 Å². The van der Waals surface area contributed by atoms with Gasteiger partial charge in [-0.15, -0.1) is 0 Å². The lowest BCUT2D eigenvalue weighted by Gasteiger charge is -2.16. The quantitative estimate of drug-likeness (QED) is 0.863. The van der Waals surface area contributed by atoms with Gasteiger partial charge in [0, 0.05) is 28.0 Å². The highest BCUT2D eigenvalue weighted by Crippen LogP contribution is 2.26. The fourth-order valence-corrected chi connectivity index (χ4v) is 3.27. The van der Waals surface area contributed by atoms with Crippen LogP contribution in [0.15, 0.2) is 36.5 Å². The Hall–Kier alpha value is -1.42. The van der Waals surface area contributed by atoms with Crippen molar-refractivity contribution in [3.05, 3.63) is 42.1 Å². The smallest absolute Gasteiger partial charge is 0.251 e. The first-order valence-electron chi connectivity index (χ1n) is 6.54. The molecule has 2 atom stereocenters. The van der Waals surface area contributed by atoms with Gasteiger partial charge in [0.15, 0.2) is 0 Å². The summed E-state index contributed by atoms with van der Waals surface area (Å²) in [6, 6.07) is 9.73. The molecule has 98 valence electrons. The Morgan fingerprint density at radius 2 is 2.21 bits per heavy atom. The Bertz CT molecular complexity index is 614. The van der Waals surface area contributed by atoms with Crippen LogP contribution in [0, 0.1) is 0 Å². The standard InChI is InChI=1S/C15H15BrN2O/c16-12-4-1-5-14(12)18-15(19)11-6-7-13-10(9-11)3-2-8-17-13/h2-3,6-9,12,14H,1,4-5H2,(H,18,19). The number of hydrogen-bond donors (Lipinski definition) is 1. The molecule has 19 heavy (non-hydrogen) atoms. The summed E-state index contributed by atoms with van der Waals surface area (Å²) in [6.07, 6.45) is 5.11. The second-order valence-corrected chi connectivity index (χ2v) is 6.11. The third kappa shape index (κ3) is 2.63. The Morgan fingerprint density at radius 1 is 1.32 bits per heavy atom. The Morgan fingerprint density at radius 3 is 3.00 bits per heavy atom. The number of nitrogens with zero attached hydrogens (tertiary/aromatic N) is 1. The van der Waals surface area contributed by atoms with E-state index in [1.165, 1.54) is 6.42 Å². The number of nitrogens with one attached hydrogen (secondary N) is 1. The molecule has 1 saturated carbocycles. The minimum absolute atomic E-state index is 0.00195. The van der Waals surface area contributed by atoms with Crippen molar-refractivity contribution in [1.82, 2.24) is 10.3 Å². The van der Waals surface area contributed by atoms with Crippen molar-refractivity contribution in [2.24, 2.45) is 0 Å². The highest BCUT2D eigenvalue weighted by Gasteiger charge is 2.26. The van der Waals surface area contributed by atoms with E-state index in [4.69, 9.17) is 0 Å². The maximum absolute atomic E-state index is 12.2. The van der Waals surface area contributed by atoms with Crippen molar-refractivity contribution in [2.75, 3.05) is 0 Å². The van der Waals surface area contributed by atoms with Crippen LogP contribution < -0.4 is 5.32 Å². The van der Waals surface area contributed by atoms with Crippen LogP contribution in [0.3, 0.4) is 0 Å². The molecule has 2 aromatic rings. The van der Waals surface area contributed by atoms with Gasteiger partial charge in [0.25, 0.3) is 5.91 Å². The molecule has 1 N–H and O–H groups in total. The lowest BCUT2D eigenvalue weighted by atomic mass is 10.1. The summed E-state index contributed by atoms with van der Waals surface area (Å²) in [6.45, 7) is 0. The van der Waals surface area contributed by atoms with E-state index in [9.17, 15) is 4.79 Å². The molecule has 1 aliphatic carbocycles. The molecule has 0 spiro atoms. The molecule has 1 amide bonds.